The fourth-order valence-electron chi connectivity index (χ4n) is 2.10. The van der Waals surface area contributed by atoms with Crippen LogP contribution < -0.4 is 5.32 Å². The minimum Gasteiger partial charge on any atom is -0.371 e. The highest BCUT2D eigenvalue weighted by Crippen LogP contribution is 2.29. The SMILES string of the molecule is Cc1c(F)cc(F)c(C)c1C1CNCCO1. The second kappa shape index (κ2) is 4.47. The lowest BCUT2D eigenvalue weighted by Gasteiger charge is -2.27. The molecule has 2 nitrogen and oxygen atoms in total. The summed E-state index contributed by atoms with van der Waals surface area (Å²) in [5, 5.41) is 3.16. The van der Waals surface area contributed by atoms with Crippen LogP contribution in [0.15, 0.2) is 6.07 Å². The van der Waals surface area contributed by atoms with E-state index >= 15 is 0 Å². The van der Waals surface area contributed by atoms with Crippen LogP contribution in [-0.2, 0) is 4.74 Å². The second-order valence-corrected chi connectivity index (χ2v) is 4.07. The third-order valence-electron chi connectivity index (χ3n) is 3.03. The molecule has 0 aromatic heterocycles. The van der Waals surface area contributed by atoms with E-state index in [1.807, 2.05) is 0 Å². The van der Waals surface area contributed by atoms with Crippen LogP contribution >= 0.6 is 0 Å². The van der Waals surface area contributed by atoms with Crippen molar-refractivity contribution in [2.75, 3.05) is 19.7 Å². The Hall–Kier alpha value is -1.00. The van der Waals surface area contributed by atoms with E-state index < -0.39 is 11.6 Å². The minimum atomic E-state index is -0.507. The minimum absolute atomic E-state index is 0.251. The van der Waals surface area contributed by atoms with Gasteiger partial charge in [0.1, 0.15) is 11.6 Å². The summed E-state index contributed by atoms with van der Waals surface area (Å²) in [7, 11) is 0. The van der Waals surface area contributed by atoms with E-state index in [1.165, 1.54) is 0 Å². The molecule has 1 unspecified atom stereocenters. The Kier molecular flexibility index (Phi) is 3.21. The summed E-state index contributed by atoms with van der Waals surface area (Å²) in [4.78, 5) is 0. The molecule has 0 amide bonds. The lowest BCUT2D eigenvalue weighted by Crippen LogP contribution is -2.34. The van der Waals surface area contributed by atoms with Gasteiger partial charge in [-0.05, 0) is 30.5 Å². The van der Waals surface area contributed by atoms with Crippen molar-refractivity contribution in [1.29, 1.82) is 0 Å². The van der Waals surface area contributed by atoms with Gasteiger partial charge < -0.3 is 10.1 Å². The van der Waals surface area contributed by atoms with Crippen LogP contribution in [0.25, 0.3) is 0 Å². The van der Waals surface area contributed by atoms with E-state index in [0.717, 1.165) is 12.6 Å². The maximum Gasteiger partial charge on any atom is 0.129 e. The lowest BCUT2D eigenvalue weighted by molar-refractivity contribution is 0.0265. The summed E-state index contributed by atoms with van der Waals surface area (Å²) in [5.74, 6) is -1.01. The quantitative estimate of drug-likeness (QED) is 0.794. The van der Waals surface area contributed by atoms with Crippen molar-refractivity contribution in [2.45, 2.75) is 20.0 Å². The molecule has 88 valence electrons. The molecule has 1 saturated heterocycles. The van der Waals surface area contributed by atoms with Crippen molar-refractivity contribution in [2.24, 2.45) is 0 Å². The van der Waals surface area contributed by atoms with Crippen LogP contribution in [0.2, 0.25) is 0 Å². The van der Waals surface area contributed by atoms with Crippen LogP contribution in [-0.4, -0.2) is 19.7 Å². The zero-order valence-electron chi connectivity index (χ0n) is 9.44. The number of hydrogen-bond donors (Lipinski definition) is 1. The number of nitrogens with one attached hydrogen (secondary N) is 1. The van der Waals surface area contributed by atoms with Gasteiger partial charge in [0.05, 0.1) is 12.7 Å². The van der Waals surface area contributed by atoms with Gasteiger partial charge in [-0.25, -0.2) is 8.78 Å². The van der Waals surface area contributed by atoms with Gasteiger partial charge in [-0.2, -0.15) is 0 Å². The Bertz CT molecular complexity index is 374. The molecule has 0 saturated carbocycles. The van der Waals surface area contributed by atoms with Crippen molar-refractivity contribution < 1.29 is 13.5 Å². The standard InChI is InChI=1S/C12H15F2NO/c1-7-9(13)5-10(14)8(2)12(7)11-6-15-3-4-16-11/h5,11,15H,3-4,6H2,1-2H3. The zero-order valence-corrected chi connectivity index (χ0v) is 9.44. The van der Waals surface area contributed by atoms with Crippen molar-refractivity contribution in [3.05, 3.63) is 34.4 Å². The van der Waals surface area contributed by atoms with Gasteiger partial charge in [-0.15, -0.1) is 0 Å². The van der Waals surface area contributed by atoms with E-state index in [4.69, 9.17) is 4.74 Å². The van der Waals surface area contributed by atoms with Gasteiger partial charge >= 0.3 is 0 Å². The van der Waals surface area contributed by atoms with E-state index in [-0.39, 0.29) is 6.10 Å². The molecule has 4 heteroatoms. The highest BCUT2D eigenvalue weighted by molar-refractivity contribution is 5.38. The molecule has 0 bridgehead atoms. The summed E-state index contributed by atoms with van der Waals surface area (Å²) >= 11 is 0. The molecule has 0 radical (unpaired) electrons. The molecule has 1 heterocycles. The smallest absolute Gasteiger partial charge is 0.129 e. The van der Waals surface area contributed by atoms with E-state index in [2.05, 4.69) is 5.32 Å². The van der Waals surface area contributed by atoms with Gasteiger partial charge in [0.15, 0.2) is 0 Å². The third-order valence-corrected chi connectivity index (χ3v) is 3.03. The third kappa shape index (κ3) is 1.95. The van der Waals surface area contributed by atoms with E-state index in [9.17, 15) is 8.78 Å². The van der Waals surface area contributed by atoms with E-state index in [1.54, 1.807) is 13.8 Å². The predicted octanol–water partition coefficient (Wildman–Crippen LogP) is 2.24. The Morgan fingerprint density at radius 2 is 1.88 bits per heavy atom. The average Bonchev–Trinajstić information content (AvgIpc) is 2.28. The summed E-state index contributed by atoms with van der Waals surface area (Å²) in [6, 6.07) is 0.935. The van der Waals surface area contributed by atoms with Crippen LogP contribution in [0, 0.1) is 25.5 Å². The molecule has 1 N–H and O–H groups in total. The number of hydrogen-bond acceptors (Lipinski definition) is 2. The average molecular weight is 227 g/mol. The molecule has 1 atom stereocenters. The maximum atomic E-state index is 13.5. The molecule has 1 aliphatic heterocycles. The first-order valence-electron chi connectivity index (χ1n) is 5.38. The molecule has 1 aromatic rings. The largest absolute Gasteiger partial charge is 0.371 e. The first-order chi connectivity index (χ1) is 7.61. The van der Waals surface area contributed by atoms with Crippen LogP contribution in [0.1, 0.15) is 22.8 Å². The Morgan fingerprint density at radius 3 is 2.38 bits per heavy atom. The molecular formula is C12H15F2NO. The highest BCUT2D eigenvalue weighted by atomic mass is 19.1. The van der Waals surface area contributed by atoms with Crippen molar-refractivity contribution in [3.8, 4) is 0 Å². The molecule has 1 aliphatic rings. The summed E-state index contributed by atoms with van der Waals surface area (Å²) < 4.78 is 32.5. The van der Waals surface area contributed by atoms with Crippen LogP contribution in [0.4, 0.5) is 8.78 Å². The van der Waals surface area contributed by atoms with Gasteiger partial charge in [-0.1, -0.05) is 0 Å². The summed E-state index contributed by atoms with van der Waals surface area (Å²) in [5.41, 5.74) is 1.60. The van der Waals surface area contributed by atoms with Gasteiger partial charge in [0.25, 0.3) is 0 Å². The molecule has 1 aromatic carbocycles. The number of morpholine rings is 1. The Labute approximate surface area is 93.6 Å². The number of benzene rings is 1. The lowest BCUT2D eigenvalue weighted by atomic mass is 9.96. The fourth-order valence-corrected chi connectivity index (χ4v) is 2.10. The number of rotatable bonds is 1. The Balaban J connectivity index is 2.45. The van der Waals surface area contributed by atoms with Crippen LogP contribution in [0.5, 0.6) is 0 Å². The number of ether oxygens (including phenoxy) is 1. The maximum absolute atomic E-state index is 13.5. The van der Waals surface area contributed by atoms with Gasteiger partial charge in [0.2, 0.25) is 0 Å². The topological polar surface area (TPSA) is 21.3 Å². The first kappa shape index (κ1) is 11.5. The van der Waals surface area contributed by atoms with Crippen LogP contribution in [0.3, 0.4) is 0 Å². The monoisotopic (exact) mass is 227 g/mol. The molecule has 16 heavy (non-hydrogen) atoms. The molecular weight excluding hydrogens is 212 g/mol. The highest BCUT2D eigenvalue weighted by Gasteiger charge is 2.23. The second-order valence-electron chi connectivity index (χ2n) is 4.07. The van der Waals surface area contributed by atoms with Gasteiger partial charge in [0, 0.05) is 19.2 Å². The van der Waals surface area contributed by atoms with Crippen molar-refractivity contribution in [3.63, 3.8) is 0 Å². The molecule has 2 rings (SSSR count). The van der Waals surface area contributed by atoms with Gasteiger partial charge in [-0.3, -0.25) is 0 Å². The molecule has 0 aliphatic carbocycles. The normalized spacial score (nSPS) is 21.1. The van der Waals surface area contributed by atoms with Crippen molar-refractivity contribution in [1.82, 2.24) is 5.32 Å². The first-order valence-corrected chi connectivity index (χ1v) is 5.38. The predicted molar refractivity (Wildman–Crippen MR) is 57.4 cm³/mol. The van der Waals surface area contributed by atoms with E-state index in [0.29, 0.717) is 29.8 Å². The fraction of sp³-hybridized carbons (Fsp3) is 0.500. The number of halogens is 2. The summed E-state index contributed by atoms with van der Waals surface area (Å²) in [6.07, 6.45) is -0.251. The van der Waals surface area contributed by atoms with Crippen molar-refractivity contribution >= 4 is 0 Å². The Morgan fingerprint density at radius 1 is 1.25 bits per heavy atom. The molecule has 1 fully saturated rings. The summed E-state index contributed by atoms with van der Waals surface area (Å²) in [6.45, 7) is 5.28. The molecule has 0 spiro atoms. The zero-order chi connectivity index (χ0) is 11.7.